The molecule has 1 aliphatic heterocycles. The lowest BCUT2D eigenvalue weighted by Crippen LogP contribution is -2.37. The lowest BCUT2D eigenvalue weighted by molar-refractivity contribution is -0.156. The van der Waals surface area contributed by atoms with Crippen LogP contribution in [0.1, 0.15) is 40.0 Å². The van der Waals surface area contributed by atoms with Crippen molar-refractivity contribution in [3.05, 3.63) is 0 Å². The Labute approximate surface area is 116 Å². The van der Waals surface area contributed by atoms with Crippen molar-refractivity contribution in [1.29, 1.82) is 0 Å². The molecule has 0 amide bonds. The van der Waals surface area contributed by atoms with Crippen LogP contribution < -0.4 is 0 Å². The van der Waals surface area contributed by atoms with E-state index in [-0.39, 0.29) is 12.1 Å². The van der Waals surface area contributed by atoms with E-state index in [2.05, 4.69) is 10.8 Å². The van der Waals surface area contributed by atoms with E-state index in [1.165, 1.54) is 0 Å². The summed E-state index contributed by atoms with van der Waals surface area (Å²) < 4.78 is 10.9. The van der Waals surface area contributed by atoms with Gasteiger partial charge in [0.25, 0.3) is 0 Å². The predicted octanol–water partition coefficient (Wildman–Crippen LogP) is 1.83. The zero-order chi connectivity index (χ0) is 14.3. The van der Waals surface area contributed by atoms with Crippen molar-refractivity contribution in [2.24, 2.45) is 0 Å². The number of rotatable bonds is 5. The zero-order valence-electron chi connectivity index (χ0n) is 12.3. The second-order valence-corrected chi connectivity index (χ2v) is 5.89. The van der Waals surface area contributed by atoms with E-state index in [0.717, 1.165) is 25.9 Å². The standard InChI is InChI=1S/C15H25NO3/c1-5-9-16-10-6-13(7-11-16)18-12-8-14(17)19-15(2,3)4/h1,13H,6-12H2,2-4H3. The summed E-state index contributed by atoms with van der Waals surface area (Å²) in [7, 11) is 0. The Morgan fingerprint density at radius 1 is 1.37 bits per heavy atom. The lowest BCUT2D eigenvalue weighted by Gasteiger charge is -2.30. The largest absolute Gasteiger partial charge is 0.460 e. The molecule has 108 valence electrons. The first-order valence-corrected chi connectivity index (χ1v) is 6.90. The fourth-order valence-corrected chi connectivity index (χ4v) is 2.06. The Hall–Kier alpha value is -1.05. The first-order valence-electron chi connectivity index (χ1n) is 6.90. The van der Waals surface area contributed by atoms with Gasteiger partial charge in [0.15, 0.2) is 0 Å². The van der Waals surface area contributed by atoms with Gasteiger partial charge >= 0.3 is 5.97 Å². The number of carbonyl (C=O) groups is 1. The molecule has 0 aromatic heterocycles. The summed E-state index contributed by atoms with van der Waals surface area (Å²) in [5.74, 6) is 2.46. The molecule has 1 fully saturated rings. The first-order chi connectivity index (χ1) is 8.90. The zero-order valence-corrected chi connectivity index (χ0v) is 12.3. The number of hydrogen-bond acceptors (Lipinski definition) is 4. The summed E-state index contributed by atoms with van der Waals surface area (Å²) in [4.78, 5) is 13.7. The van der Waals surface area contributed by atoms with Crippen LogP contribution in [0.3, 0.4) is 0 Å². The average Bonchev–Trinajstić information content (AvgIpc) is 2.29. The first kappa shape index (κ1) is 16.0. The molecule has 1 heterocycles. The van der Waals surface area contributed by atoms with E-state index in [9.17, 15) is 4.79 Å². The molecule has 1 aliphatic rings. The molecule has 0 unspecified atom stereocenters. The minimum absolute atomic E-state index is 0.197. The Bertz CT molecular complexity index is 319. The molecule has 0 spiro atoms. The molecule has 0 aromatic rings. The van der Waals surface area contributed by atoms with Crippen LogP contribution in [0.4, 0.5) is 0 Å². The number of likely N-dealkylation sites (tertiary alicyclic amines) is 1. The van der Waals surface area contributed by atoms with Gasteiger partial charge in [0.05, 0.1) is 25.7 Å². The van der Waals surface area contributed by atoms with Crippen LogP contribution in [-0.4, -0.2) is 48.8 Å². The molecule has 0 bridgehead atoms. The summed E-state index contributed by atoms with van der Waals surface area (Å²) in [5.41, 5.74) is -0.419. The van der Waals surface area contributed by atoms with Crippen LogP contribution in [-0.2, 0) is 14.3 Å². The monoisotopic (exact) mass is 267 g/mol. The van der Waals surface area contributed by atoms with Gasteiger partial charge in [-0.2, -0.15) is 0 Å². The van der Waals surface area contributed by atoms with Crippen molar-refractivity contribution in [2.45, 2.75) is 51.7 Å². The Morgan fingerprint density at radius 2 is 2.00 bits per heavy atom. The third-order valence-electron chi connectivity index (χ3n) is 2.93. The van der Waals surface area contributed by atoms with Crippen LogP contribution in [0.15, 0.2) is 0 Å². The number of ether oxygens (including phenoxy) is 2. The van der Waals surface area contributed by atoms with Gasteiger partial charge in [-0.3, -0.25) is 9.69 Å². The summed E-state index contributed by atoms with van der Waals surface area (Å²) in [6.07, 6.45) is 7.82. The summed E-state index contributed by atoms with van der Waals surface area (Å²) in [6, 6.07) is 0. The average molecular weight is 267 g/mol. The van der Waals surface area contributed by atoms with E-state index >= 15 is 0 Å². The minimum atomic E-state index is -0.419. The predicted molar refractivity (Wildman–Crippen MR) is 74.7 cm³/mol. The third kappa shape index (κ3) is 7.19. The van der Waals surface area contributed by atoms with Gasteiger partial charge < -0.3 is 9.47 Å². The fraction of sp³-hybridized carbons (Fsp3) is 0.800. The molecule has 0 saturated carbocycles. The van der Waals surface area contributed by atoms with Gasteiger partial charge in [0.1, 0.15) is 5.60 Å². The minimum Gasteiger partial charge on any atom is -0.460 e. The van der Waals surface area contributed by atoms with Crippen LogP contribution in [0.5, 0.6) is 0 Å². The summed E-state index contributed by atoms with van der Waals surface area (Å²) in [5, 5.41) is 0. The van der Waals surface area contributed by atoms with Crippen LogP contribution >= 0.6 is 0 Å². The molecule has 0 radical (unpaired) electrons. The van der Waals surface area contributed by atoms with Crippen molar-refractivity contribution < 1.29 is 14.3 Å². The maximum absolute atomic E-state index is 11.5. The molecular weight excluding hydrogens is 242 g/mol. The van der Waals surface area contributed by atoms with Crippen molar-refractivity contribution >= 4 is 5.97 Å². The van der Waals surface area contributed by atoms with Gasteiger partial charge in [0.2, 0.25) is 0 Å². The van der Waals surface area contributed by atoms with E-state index in [1.54, 1.807) is 0 Å². The molecule has 0 N–H and O–H groups in total. The number of nitrogens with zero attached hydrogens (tertiary/aromatic N) is 1. The van der Waals surface area contributed by atoms with Crippen LogP contribution in [0.2, 0.25) is 0 Å². The van der Waals surface area contributed by atoms with Crippen molar-refractivity contribution in [2.75, 3.05) is 26.2 Å². The third-order valence-corrected chi connectivity index (χ3v) is 2.93. The highest BCUT2D eigenvalue weighted by Crippen LogP contribution is 2.14. The molecular formula is C15H25NO3. The Balaban J connectivity index is 2.11. The number of carbonyl (C=O) groups excluding carboxylic acids is 1. The second-order valence-electron chi connectivity index (χ2n) is 5.89. The topological polar surface area (TPSA) is 38.8 Å². The van der Waals surface area contributed by atoms with Gasteiger partial charge in [-0.15, -0.1) is 6.42 Å². The fourth-order valence-electron chi connectivity index (χ4n) is 2.06. The normalized spacial score (nSPS) is 18.0. The van der Waals surface area contributed by atoms with Gasteiger partial charge in [0, 0.05) is 13.1 Å². The van der Waals surface area contributed by atoms with E-state index in [1.807, 2.05) is 20.8 Å². The number of hydrogen-bond donors (Lipinski definition) is 0. The van der Waals surface area contributed by atoms with E-state index < -0.39 is 5.60 Å². The highest BCUT2D eigenvalue weighted by molar-refractivity contribution is 5.69. The molecule has 0 atom stereocenters. The van der Waals surface area contributed by atoms with E-state index in [4.69, 9.17) is 15.9 Å². The SMILES string of the molecule is C#CCN1CCC(OCCC(=O)OC(C)(C)C)CC1. The maximum atomic E-state index is 11.5. The molecule has 1 saturated heterocycles. The summed E-state index contributed by atoms with van der Waals surface area (Å²) >= 11 is 0. The molecule has 4 nitrogen and oxygen atoms in total. The lowest BCUT2D eigenvalue weighted by atomic mass is 10.1. The number of esters is 1. The number of piperidine rings is 1. The van der Waals surface area contributed by atoms with Crippen molar-refractivity contribution in [3.63, 3.8) is 0 Å². The van der Waals surface area contributed by atoms with Crippen LogP contribution in [0, 0.1) is 12.3 Å². The molecule has 0 aliphatic carbocycles. The highest BCUT2D eigenvalue weighted by atomic mass is 16.6. The molecule has 4 heteroatoms. The van der Waals surface area contributed by atoms with E-state index in [0.29, 0.717) is 19.6 Å². The van der Waals surface area contributed by atoms with Crippen LogP contribution in [0.25, 0.3) is 0 Å². The highest BCUT2D eigenvalue weighted by Gasteiger charge is 2.20. The van der Waals surface area contributed by atoms with Gasteiger partial charge in [-0.1, -0.05) is 5.92 Å². The van der Waals surface area contributed by atoms with Gasteiger partial charge in [-0.25, -0.2) is 0 Å². The molecule has 0 aromatic carbocycles. The quantitative estimate of drug-likeness (QED) is 0.563. The maximum Gasteiger partial charge on any atom is 0.308 e. The summed E-state index contributed by atoms with van der Waals surface area (Å²) in [6.45, 7) is 8.70. The smallest absolute Gasteiger partial charge is 0.308 e. The Kier molecular flexibility index (Phi) is 6.33. The van der Waals surface area contributed by atoms with Gasteiger partial charge in [-0.05, 0) is 33.6 Å². The molecule has 1 rings (SSSR count). The second kappa shape index (κ2) is 7.52. The van der Waals surface area contributed by atoms with Crippen molar-refractivity contribution in [1.82, 2.24) is 4.90 Å². The molecule has 19 heavy (non-hydrogen) atoms. The van der Waals surface area contributed by atoms with Crippen molar-refractivity contribution in [3.8, 4) is 12.3 Å². The number of terminal acetylenes is 1. The Morgan fingerprint density at radius 3 is 2.53 bits per heavy atom.